The van der Waals surface area contributed by atoms with Crippen LogP contribution >= 0.6 is 27.7 Å². The molecule has 0 saturated carbocycles. The predicted molar refractivity (Wildman–Crippen MR) is 67.8 cm³/mol. The summed E-state index contributed by atoms with van der Waals surface area (Å²) in [6, 6.07) is 4.68. The first-order chi connectivity index (χ1) is 8.11. The molecule has 1 N–H and O–H groups in total. The molecule has 1 aromatic carbocycles. The van der Waals surface area contributed by atoms with E-state index in [0.717, 1.165) is 0 Å². The van der Waals surface area contributed by atoms with Gasteiger partial charge in [0.2, 0.25) is 0 Å². The first kappa shape index (κ1) is 12.4. The van der Waals surface area contributed by atoms with Gasteiger partial charge in [-0.15, -0.1) is 5.10 Å². The Hall–Kier alpha value is -1.08. The number of rotatable bonds is 3. The molecule has 0 bridgehead atoms. The molecule has 0 spiro atoms. The van der Waals surface area contributed by atoms with Gasteiger partial charge in [-0.2, -0.15) is 0 Å². The number of aromatic amines is 1. The van der Waals surface area contributed by atoms with Crippen molar-refractivity contribution in [1.29, 1.82) is 0 Å². The molecule has 0 unspecified atom stereocenters. The molecule has 0 aliphatic heterocycles. The van der Waals surface area contributed by atoms with Crippen molar-refractivity contribution < 1.29 is 4.39 Å². The van der Waals surface area contributed by atoms with Gasteiger partial charge in [-0.3, -0.25) is 4.98 Å². The lowest BCUT2D eigenvalue weighted by Crippen LogP contribution is -2.19. The minimum atomic E-state index is -0.361. The van der Waals surface area contributed by atoms with Crippen molar-refractivity contribution in [3.63, 3.8) is 0 Å². The first-order valence-corrected chi connectivity index (χ1v) is 6.77. The molecule has 0 saturated heterocycles. The minimum Gasteiger partial charge on any atom is -0.284 e. The SMILES string of the molecule is CSc1nn(Cc2c(F)cccc2Br)c(=O)[nH]1. The molecule has 2 rings (SSSR count). The maximum absolute atomic E-state index is 13.6. The number of aromatic nitrogens is 3. The standard InChI is InChI=1S/C10H9BrFN3OS/c1-17-9-13-10(16)15(14-9)5-6-7(11)3-2-4-8(6)12/h2-4H,5H2,1H3,(H,13,14,16). The van der Waals surface area contributed by atoms with Crippen LogP contribution in [0.5, 0.6) is 0 Å². The Kier molecular flexibility index (Phi) is 3.68. The number of benzene rings is 1. The molecule has 0 aliphatic rings. The number of halogens is 2. The number of hydrogen-bond acceptors (Lipinski definition) is 3. The molecule has 2 aromatic rings. The van der Waals surface area contributed by atoms with E-state index < -0.39 is 0 Å². The molecule has 0 amide bonds. The average molecular weight is 318 g/mol. The van der Waals surface area contributed by atoms with Gasteiger partial charge >= 0.3 is 5.69 Å². The van der Waals surface area contributed by atoms with E-state index >= 15 is 0 Å². The van der Waals surface area contributed by atoms with Crippen molar-refractivity contribution >= 4 is 27.7 Å². The zero-order valence-electron chi connectivity index (χ0n) is 8.91. The van der Waals surface area contributed by atoms with Gasteiger partial charge in [0.15, 0.2) is 5.16 Å². The minimum absolute atomic E-state index is 0.100. The fourth-order valence-electron chi connectivity index (χ4n) is 1.37. The Morgan fingerprint density at radius 1 is 1.59 bits per heavy atom. The van der Waals surface area contributed by atoms with Crippen LogP contribution in [-0.2, 0) is 6.54 Å². The Labute approximate surface area is 109 Å². The summed E-state index contributed by atoms with van der Waals surface area (Å²) < 4.78 is 15.4. The lowest BCUT2D eigenvalue weighted by atomic mass is 10.2. The Balaban J connectivity index is 2.38. The van der Waals surface area contributed by atoms with E-state index in [4.69, 9.17) is 0 Å². The summed E-state index contributed by atoms with van der Waals surface area (Å²) in [5.41, 5.74) is 0.0678. The van der Waals surface area contributed by atoms with Crippen LogP contribution in [0.3, 0.4) is 0 Å². The molecule has 0 atom stereocenters. The number of nitrogens with zero attached hydrogens (tertiary/aromatic N) is 2. The van der Waals surface area contributed by atoms with Crippen molar-refractivity contribution in [3.8, 4) is 0 Å². The highest BCUT2D eigenvalue weighted by molar-refractivity contribution is 9.10. The van der Waals surface area contributed by atoms with Crippen LogP contribution in [0.15, 0.2) is 32.6 Å². The third-order valence-corrected chi connectivity index (χ3v) is 3.54. The molecule has 1 aromatic heterocycles. The molecule has 7 heteroatoms. The van der Waals surface area contributed by atoms with E-state index in [1.807, 2.05) is 6.26 Å². The molecule has 90 valence electrons. The van der Waals surface area contributed by atoms with Crippen LogP contribution in [0.25, 0.3) is 0 Å². The molecular formula is C10H9BrFN3OS. The maximum atomic E-state index is 13.6. The van der Waals surface area contributed by atoms with Crippen LogP contribution in [0, 0.1) is 5.82 Å². The van der Waals surface area contributed by atoms with E-state index in [1.54, 1.807) is 12.1 Å². The van der Waals surface area contributed by atoms with Crippen molar-refractivity contribution in [3.05, 3.63) is 44.5 Å². The highest BCUT2D eigenvalue weighted by atomic mass is 79.9. The van der Waals surface area contributed by atoms with Gasteiger partial charge in [0.1, 0.15) is 5.82 Å². The van der Waals surface area contributed by atoms with Gasteiger partial charge < -0.3 is 0 Å². The first-order valence-electron chi connectivity index (χ1n) is 4.76. The summed E-state index contributed by atoms with van der Waals surface area (Å²) in [7, 11) is 0. The molecule has 1 heterocycles. The second kappa shape index (κ2) is 5.05. The lowest BCUT2D eigenvalue weighted by molar-refractivity contribution is 0.572. The van der Waals surface area contributed by atoms with E-state index in [2.05, 4.69) is 26.0 Å². The number of hydrogen-bond donors (Lipinski definition) is 1. The van der Waals surface area contributed by atoms with Gasteiger partial charge in [0, 0.05) is 10.0 Å². The van der Waals surface area contributed by atoms with Gasteiger partial charge in [0.25, 0.3) is 0 Å². The third-order valence-electron chi connectivity index (χ3n) is 2.22. The van der Waals surface area contributed by atoms with Crippen LogP contribution in [-0.4, -0.2) is 21.0 Å². The van der Waals surface area contributed by atoms with E-state index in [1.165, 1.54) is 22.5 Å². The van der Waals surface area contributed by atoms with Crippen LogP contribution in [0.4, 0.5) is 4.39 Å². The summed E-state index contributed by atoms with van der Waals surface area (Å²) in [6.45, 7) is 0.100. The molecule has 0 fully saturated rings. The van der Waals surface area contributed by atoms with E-state index in [9.17, 15) is 9.18 Å². The fraction of sp³-hybridized carbons (Fsp3) is 0.200. The molecular weight excluding hydrogens is 309 g/mol. The van der Waals surface area contributed by atoms with Crippen LogP contribution in [0.1, 0.15) is 5.56 Å². The van der Waals surface area contributed by atoms with Gasteiger partial charge in [-0.1, -0.05) is 33.8 Å². The second-order valence-electron chi connectivity index (χ2n) is 3.30. The summed E-state index contributed by atoms with van der Waals surface area (Å²) in [4.78, 5) is 14.1. The highest BCUT2D eigenvalue weighted by Crippen LogP contribution is 2.20. The summed E-state index contributed by atoms with van der Waals surface area (Å²) in [5.74, 6) is -0.361. The molecule has 0 radical (unpaired) electrons. The summed E-state index contributed by atoms with van der Waals surface area (Å²) in [6.07, 6.45) is 1.81. The predicted octanol–water partition coefficient (Wildman–Crippen LogP) is 2.24. The normalized spacial score (nSPS) is 10.8. The smallest absolute Gasteiger partial charge is 0.284 e. The number of H-pyrrole nitrogens is 1. The second-order valence-corrected chi connectivity index (χ2v) is 4.95. The van der Waals surface area contributed by atoms with Crippen LogP contribution in [0.2, 0.25) is 0 Å². The van der Waals surface area contributed by atoms with Crippen molar-refractivity contribution in [2.45, 2.75) is 11.7 Å². The Morgan fingerprint density at radius 2 is 2.35 bits per heavy atom. The van der Waals surface area contributed by atoms with Crippen LogP contribution < -0.4 is 5.69 Å². The zero-order valence-corrected chi connectivity index (χ0v) is 11.3. The van der Waals surface area contributed by atoms with Gasteiger partial charge in [0.05, 0.1) is 6.54 Å². The quantitative estimate of drug-likeness (QED) is 0.883. The van der Waals surface area contributed by atoms with Crippen molar-refractivity contribution in [2.75, 3.05) is 6.26 Å². The zero-order chi connectivity index (χ0) is 12.4. The lowest BCUT2D eigenvalue weighted by Gasteiger charge is -2.04. The number of thioether (sulfide) groups is 1. The van der Waals surface area contributed by atoms with Crippen molar-refractivity contribution in [1.82, 2.24) is 14.8 Å². The third kappa shape index (κ3) is 2.61. The Morgan fingerprint density at radius 3 is 2.94 bits per heavy atom. The summed E-state index contributed by atoms with van der Waals surface area (Å²) >= 11 is 4.58. The largest absolute Gasteiger partial charge is 0.344 e. The topological polar surface area (TPSA) is 50.7 Å². The van der Waals surface area contributed by atoms with E-state index in [0.29, 0.717) is 15.2 Å². The highest BCUT2D eigenvalue weighted by Gasteiger charge is 2.10. The summed E-state index contributed by atoms with van der Waals surface area (Å²) in [5, 5.41) is 4.55. The van der Waals surface area contributed by atoms with E-state index in [-0.39, 0.29) is 18.1 Å². The maximum Gasteiger partial charge on any atom is 0.344 e. The molecule has 0 aliphatic carbocycles. The van der Waals surface area contributed by atoms with Gasteiger partial charge in [-0.05, 0) is 18.4 Å². The molecule has 4 nitrogen and oxygen atoms in total. The average Bonchev–Trinajstić information content (AvgIpc) is 2.65. The fourth-order valence-corrected chi connectivity index (χ4v) is 2.21. The monoisotopic (exact) mass is 317 g/mol. The van der Waals surface area contributed by atoms with Crippen molar-refractivity contribution in [2.24, 2.45) is 0 Å². The van der Waals surface area contributed by atoms with Gasteiger partial charge in [-0.25, -0.2) is 13.9 Å². The Bertz CT molecular complexity index is 575. The number of nitrogens with one attached hydrogen (secondary N) is 1. The molecule has 17 heavy (non-hydrogen) atoms.